The Bertz CT molecular complexity index is 166. The highest BCUT2D eigenvalue weighted by Gasteiger charge is 2.01. The molecule has 82 valence electrons. The Labute approximate surface area is 88.9 Å². The zero-order chi connectivity index (χ0) is 10.6. The maximum atomic E-state index is 9.75. The monoisotopic (exact) mass is 215 g/mol. The van der Waals surface area contributed by atoms with Crippen molar-refractivity contribution in [3.05, 3.63) is 0 Å². The highest BCUT2D eigenvalue weighted by atomic mass is 28.2. The van der Waals surface area contributed by atoms with Crippen molar-refractivity contribution in [2.45, 2.75) is 51.7 Å². The zero-order valence-corrected chi connectivity index (χ0v) is 10.7. The van der Waals surface area contributed by atoms with E-state index in [1.165, 1.54) is 6.04 Å². The van der Waals surface area contributed by atoms with Crippen LogP contribution < -0.4 is 0 Å². The summed E-state index contributed by atoms with van der Waals surface area (Å²) in [6, 6.07) is 1.20. The van der Waals surface area contributed by atoms with Crippen LogP contribution in [0.2, 0.25) is 6.04 Å². The van der Waals surface area contributed by atoms with Gasteiger partial charge in [0, 0.05) is 6.10 Å². The van der Waals surface area contributed by atoms with E-state index in [4.69, 9.17) is 4.43 Å². The lowest BCUT2D eigenvalue weighted by Crippen LogP contribution is -2.13. The third kappa shape index (κ3) is 8.17. The van der Waals surface area contributed by atoms with Gasteiger partial charge in [0.15, 0.2) is 9.76 Å². The summed E-state index contributed by atoms with van der Waals surface area (Å²) < 4.78 is 5.78. The molecule has 0 aliphatic carbocycles. The van der Waals surface area contributed by atoms with Crippen LogP contribution in [0, 0.1) is 0 Å². The van der Waals surface area contributed by atoms with Gasteiger partial charge in [-0.05, 0) is 25.3 Å². The summed E-state index contributed by atoms with van der Waals surface area (Å²) in [5, 5.41) is 0. The highest BCUT2D eigenvalue weighted by molar-refractivity contribution is 6.27. The van der Waals surface area contributed by atoms with Crippen molar-refractivity contribution in [2.24, 2.45) is 4.99 Å². The summed E-state index contributed by atoms with van der Waals surface area (Å²) in [7, 11) is -0.333. The van der Waals surface area contributed by atoms with Gasteiger partial charge in [0.25, 0.3) is 0 Å². The summed E-state index contributed by atoms with van der Waals surface area (Å²) in [4.78, 5) is 13.3. The summed E-state index contributed by atoms with van der Waals surface area (Å²) in [6.07, 6.45) is 6.41. The second kappa shape index (κ2) is 10.6. The number of aliphatic imine (C=N–C) groups is 1. The van der Waals surface area contributed by atoms with Gasteiger partial charge in [-0.25, -0.2) is 9.79 Å². The SMILES string of the molecule is CCC(CC)O[SiH2]CCCCN=C=O. The van der Waals surface area contributed by atoms with Gasteiger partial charge in [0.2, 0.25) is 6.08 Å². The molecule has 0 aromatic heterocycles. The molecule has 0 unspecified atom stereocenters. The maximum Gasteiger partial charge on any atom is 0.234 e. The van der Waals surface area contributed by atoms with E-state index in [1.807, 2.05) is 0 Å². The first-order chi connectivity index (χ1) is 6.85. The molecule has 0 heterocycles. The fourth-order valence-electron chi connectivity index (χ4n) is 1.29. The minimum absolute atomic E-state index is 0.333. The molecule has 0 amide bonds. The van der Waals surface area contributed by atoms with E-state index >= 15 is 0 Å². The molecule has 14 heavy (non-hydrogen) atoms. The van der Waals surface area contributed by atoms with Crippen LogP contribution in [0.15, 0.2) is 4.99 Å². The average molecular weight is 215 g/mol. The van der Waals surface area contributed by atoms with Gasteiger partial charge in [-0.15, -0.1) is 0 Å². The first-order valence-corrected chi connectivity index (χ1v) is 7.08. The van der Waals surface area contributed by atoms with Crippen LogP contribution >= 0.6 is 0 Å². The molecule has 0 N–H and O–H groups in total. The Hall–Kier alpha value is -0.443. The van der Waals surface area contributed by atoms with Gasteiger partial charge in [-0.1, -0.05) is 20.3 Å². The Morgan fingerprint density at radius 2 is 2.07 bits per heavy atom. The number of hydrogen-bond donors (Lipinski definition) is 0. The highest BCUT2D eigenvalue weighted by Crippen LogP contribution is 2.04. The molecule has 0 aromatic rings. The van der Waals surface area contributed by atoms with Crippen molar-refractivity contribution < 1.29 is 9.22 Å². The third-order valence-electron chi connectivity index (χ3n) is 2.24. The molecule has 0 saturated carbocycles. The molecule has 3 nitrogen and oxygen atoms in total. The Balaban J connectivity index is 3.15. The van der Waals surface area contributed by atoms with E-state index in [9.17, 15) is 4.79 Å². The number of unbranched alkanes of at least 4 members (excludes halogenated alkanes) is 1. The Morgan fingerprint density at radius 3 is 2.64 bits per heavy atom. The largest absolute Gasteiger partial charge is 0.421 e. The lowest BCUT2D eigenvalue weighted by atomic mass is 10.2. The van der Waals surface area contributed by atoms with Crippen LogP contribution in [0.3, 0.4) is 0 Å². The molecule has 0 radical (unpaired) electrons. The van der Waals surface area contributed by atoms with Crippen LogP contribution in [-0.2, 0) is 9.22 Å². The van der Waals surface area contributed by atoms with Gasteiger partial charge < -0.3 is 4.43 Å². The summed E-state index contributed by atoms with van der Waals surface area (Å²) in [5.41, 5.74) is 0. The molecule has 0 rings (SSSR count). The van der Waals surface area contributed by atoms with Crippen molar-refractivity contribution >= 4 is 15.8 Å². The molecule has 0 saturated heterocycles. The van der Waals surface area contributed by atoms with Crippen LogP contribution in [0.5, 0.6) is 0 Å². The predicted octanol–water partition coefficient (Wildman–Crippen LogP) is 1.81. The van der Waals surface area contributed by atoms with E-state index in [-0.39, 0.29) is 9.76 Å². The molecule has 0 atom stereocenters. The number of nitrogens with zero attached hydrogens (tertiary/aromatic N) is 1. The predicted molar refractivity (Wildman–Crippen MR) is 61.0 cm³/mol. The molecule has 0 fully saturated rings. The first kappa shape index (κ1) is 13.6. The van der Waals surface area contributed by atoms with Crippen LogP contribution in [0.25, 0.3) is 0 Å². The number of rotatable bonds is 9. The standard InChI is InChI=1S/C10H21NO2Si/c1-3-10(4-2)13-14-8-6-5-7-11-9-12/h10H,3-8,14H2,1-2H3. The van der Waals surface area contributed by atoms with Crippen LogP contribution in [0.4, 0.5) is 0 Å². The van der Waals surface area contributed by atoms with Gasteiger partial charge in [0.1, 0.15) is 0 Å². The van der Waals surface area contributed by atoms with Gasteiger partial charge >= 0.3 is 0 Å². The fraction of sp³-hybridized carbons (Fsp3) is 0.900. The second-order valence-corrected chi connectivity index (χ2v) is 4.79. The first-order valence-electron chi connectivity index (χ1n) is 5.50. The molecule has 4 heteroatoms. The van der Waals surface area contributed by atoms with Crippen LogP contribution in [-0.4, -0.2) is 28.5 Å². The summed E-state index contributed by atoms with van der Waals surface area (Å²) in [6.45, 7) is 4.96. The summed E-state index contributed by atoms with van der Waals surface area (Å²) >= 11 is 0. The van der Waals surface area contributed by atoms with E-state index in [2.05, 4.69) is 18.8 Å². The van der Waals surface area contributed by atoms with E-state index in [1.54, 1.807) is 6.08 Å². The molecule has 0 aromatic carbocycles. The molecule has 0 bridgehead atoms. The lowest BCUT2D eigenvalue weighted by Gasteiger charge is -2.13. The van der Waals surface area contributed by atoms with Crippen molar-refractivity contribution in [3.63, 3.8) is 0 Å². The topological polar surface area (TPSA) is 38.7 Å². The summed E-state index contributed by atoms with van der Waals surface area (Å²) in [5.74, 6) is 0. The molecule has 0 aliphatic heterocycles. The minimum Gasteiger partial charge on any atom is -0.421 e. The van der Waals surface area contributed by atoms with E-state index < -0.39 is 0 Å². The molecule has 0 spiro atoms. The normalized spacial score (nSPS) is 11.1. The Kier molecular flexibility index (Phi) is 10.3. The number of carbonyl (C=O) groups excluding carboxylic acids is 1. The molecule has 0 aliphatic rings. The smallest absolute Gasteiger partial charge is 0.234 e. The number of isocyanates is 1. The Morgan fingerprint density at radius 1 is 1.36 bits per heavy atom. The fourth-order valence-corrected chi connectivity index (χ4v) is 2.82. The zero-order valence-electron chi connectivity index (χ0n) is 9.29. The second-order valence-electron chi connectivity index (χ2n) is 3.34. The van der Waals surface area contributed by atoms with Crippen molar-refractivity contribution in [2.75, 3.05) is 6.54 Å². The molecular weight excluding hydrogens is 194 g/mol. The van der Waals surface area contributed by atoms with Crippen molar-refractivity contribution in [3.8, 4) is 0 Å². The van der Waals surface area contributed by atoms with Gasteiger partial charge in [-0.2, -0.15) is 0 Å². The maximum absolute atomic E-state index is 9.75. The molecular formula is C10H21NO2Si. The van der Waals surface area contributed by atoms with Gasteiger partial charge in [-0.3, -0.25) is 0 Å². The third-order valence-corrected chi connectivity index (χ3v) is 3.74. The van der Waals surface area contributed by atoms with Crippen LogP contribution in [0.1, 0.15) is 39.5 Å². The van der Waals surface area contributed by atoms with Gasteiger partial charge in [0.05, 0.1) is 6.54 Å². The average Bonchev–Trinajstić information content (AvgIpc) is 2.22. The van der Waals surface area contributed by atoms with E-state index in [0.717, 1.165) is 25.7 Å². The van der Waals surface area contributed by atoms with E-state index in [0.29, 0.717) is 12.6 Å². The van der Waals surface area contributed by atoms with Crippen molar-refractivity contribution in [1.82, 2.24) is 0 Å². The minimum atomic E-state index is -0.333. The number of hydrogen-bond acceptors (Lipinski definition) is 3. The van der Waals surface area contributed by atoms with Crippen molar-refractivity contribution in [1.29, 1.82) is 0 Å². The quantitative estimate of drug-likeness (QED) is 0.255. The lowest BCUT2D eigenvalue weighted by molar-refractivity contribution is 0.202.